The number of halogens is 1. The molecule has 3 nitrogen and oxygen atoms in total. The van der Waals surface area contributed by atoms with Crippen LogP contribution in [0.15, 0.2) is 33.8 Å². The van der Waals surface area contributed by atoms with Crippen molar-refractivity contribution in [3.63, 3.8) is 0 Å². The average molecular weight is 286 g/mol. The molecule has 1 rings (SSSR count). The predicted octanol–water partition coefficient (Wildman–Crippen LogP) is 2.40. The Hall–Kier alpha value is -0.940. The molecule has 0 heterocycles. The molecule has 1 aromatic carbocycles. The number of hydrogen-bond acceptors (Lipinski definition) is 2. The van der Waals surface area contributed by atoms with Gasteiger partial charge in [0.2, 0.25) is 0 Å². The molecule has 0 bridgehead atoms. The minimum atomic E-state index is 0.177. The zero-order valence-corrected chi connectivity index (χ0v) is 10.7. The molecule has 0 amide bonds. The minimum Gasteiger partial charge on any atom is -0.375 e. The largest absolute Gasteiger partial charge is 0.375 e. The monoisotopic (exact) mass is 285 g/mol. The lowest BCUT2D eigenvalue weighted by atomic mass is 10.1. The topological polar surface area (TPSA) is 50.4 Å². The minimum absolute atomic E-state index is 0.177. The van der Waals surface area contributed by atoms with Crippen molar-refractivity contribution < 1.29 is 0 Å². The van der Waals surface area contributed by atoms with Crippen LogP contribution < -0.4 is 11.2 Å². The van der Waals surface area contributed by atoms with E-state index in [0.29, 0.717) is 0 Å². The van der Waals surface area contributed by atoms with Crippen LogP contribution in [-0.2, 0) is 0 Å². The smallest absolute Gasteiger partial charge is 0.184 e. The molecule has 0 saturated carbocycles. The molecule has 80 valence electrons. The zero-order chi connectivity index (χ0) is 11.3. The van der Waals surface area contributed by atoms with Crippen LogP contribution >= 0.6 is 28.1 Å². The van der Waals surface area contributed by atoms with Crippen LogP contribution in [0.4, 0.5) is 0 Å². The van der Waals surface area contributed by atoms with E-state index < -0.39 is 0 Å². The highest BCUT2D eigenvalue weighted by atomic mass is 79.9. The SMILES string of the molecule is CC/C(=N\NC(N)=S)c1cccc(Br)c1. The number of rotatable bonds is 3. The Morgan fingerprint density at radius 2 is 2.33 bits per heavy atom. The summed E-state index contributed by atoms with van der Waals surface area (Å²) in [6.45, 7) is 2.03. The number of hydrogen-bond donors (Lipinski definition) is 2. The van der Waals surface area contributed by atoms with E-state index in [1.54, 1.807) is 0 Å². The predicted molar refractivity (Wildman–Crippen MR) is 70.9 cm³/mol. The van der Waals surface area contributed by atoms with Crippen molar-refractivity contribution in [3.8, 4) is 0 Å². The summed E-state index contributed by atoms with van der Waals surface area (Å²) < 4.78 is 1.02. The van der Waals surface area contributed by atoms with Gasteiger partial charge in [-0.1, -0.05) is 35.0 Å². The van der Waals surface area contributed by atoms with Gasteiger partial charge in [-0.3, -0.25) is 5.43 Å². The first-order valence-electron chi connectivity index (χ1n) is 4.51. The molecule has 0 atom stereocenters. The van der Waals surface area contributed by atoms with Gasteiger partial charge in [0, 0.05) is 4.47 Å². The van der Waals surface area contributed by atoms with Gasteiger partial charge in [-0.25, -0.2) is 0 Å². The summed E-state index contributed by atoms with van der Waals surface area (Å²) in [5.74, 6) is 0. The Morgan fingerprint density at radius 1 is 1.60 bits per heavy atom. The third-order valence-electron chi connectivity index (χ3n) is 1.79. The maximum atomic E-state index is 5.31. The normalized spacial score (nSPS) is 11.2. The maximum Gasteiger partial charge on any atom is 0.184 e. The number of nitrogens with two attached hydrogens (primary N) is 1. The fourth-order valence-corrected chi connectivity index (χ4v) is 1.58. The summed E-state index contributed by atoms with van der Waals surface area (Å²) in [5, 5.41) is 4.31. The molecule has 0 spiro atoms. The molecule has 0 fully saturated rings. The van der Waals surface area contributed by atoms with Gasteiger partial charge in [0.1, 0.15) is 0 Å². The van der Waals surface area contributed by atoms with E-state index in [1.807, 2.05) is 31.2 Å². The quantitative estimate of drug-likeness (QED) is 0.509. The molecular weight excluding hydrogens is 274 g/mol. The molecule has 0 unspecified atom stereocenters. The lowest BCUT2D eigenvalue weighted by molar-refractivity contribution is 1.01. The number of nitrogens with one attached hydrogen (secondary N) is 1. The first kappa shape index (κ1) is 12.1. The van der Waals surface area contributed by atoms with Gasteiger partial charge in [-0.15, -0.1) is 0 Å². The van der Waals surface area contributed by atoms with E-state index in [2.05, 4.69) is 38.7 Å². The summed E-state index contributed by atoms with van der Waals surface area (Å²) in [7, 11) is 0. The highest BCUT2D eigenvalue weighted by molar-refractivity contribution is 9.10. The number of nitrogens with zero attached hydrogens (tertiary/aromatic N) is 1. The molecule has 0 saturated heterocycles. The van der Waals surface area contributed by atoms with Crippen LogP contribution in [0.1, 0.15) is 18.9 Å². The lowest BCUT2D eigenvalue weighted by Crippen LogP contribution is -2.25. The van der Waals surface area contributed by atoms with Crippen LogP contribution in [0.5, 0.6) is 0 Å². The van der Waals surface area contributed by atoms with Gasteiger partial charge < -0.3 is 5.73 Å². The fraction of sp³-hybridized carbons (Fsp3) is 0.200. The van der Waals surface area contributed by atoms with Crippen LogP contribution in [-0.4, -0.2) is 10.8 Å². The molecule has 0 aromatic heterocycles. The maximum absolute atomic E-state index is 5.31. The standard InChI is InChI=1S/C10H12BrN3S/c1-2-9(13-14-10(12)15)7-4-3-5-8(11)6-7/h3-6H,2H2,1H3,(H3,12,14,15)/b13-9+. The van der Waals surface area contributed by atoms with Gasteiger partial charge in [0.05, 0.1) is 5.71 Å². The summed E-state index contributed by atoms with van der Waals surface area (Å²) in [4.78, 5) is 0. The second kappa shape index (κ2) is 5.82. The fourth-order valence-electron chi connectivity index (χ4n) is 1.14. The zero-order valence-electron chi connectivity index (χ0n) is 8.33. The molecule has 0 aliphatic carbocycles. The van der Waals surface area contributed by atoms with Gasteiger partial charge in [-0.2, -0.15) is 5.10 Å². The summed E-state index contributed by atoms with van der Waals surface area (Å²) in [6, 6.07) is 7.93. The first-order chi connectivity index (χ1) is 7.13. The van der Waals surface area contributed by atoms with Crippen LogP contribution in [0, 0.1) is 0 Å². The number of thiocarbonyl (C=S) groups is 1. The van der Waals surface area contributed by atoms with E-state index in [9.17, 15) is 0 Å². The van der Waals surface area contributed by atoms with Gasteiger partial charge >= 0.3 is 0 Å². The third kappa shape index (κ3) is 3.97. The third-order valence-corrected chi connectivity index (χ3v) is 2.38. The van der Waals surface area contributed by atoms with Crippen LogP contribution in [0.3, 0.4) is 0 Å². The summed E-state index contributed by atoms with van der Waals surface area (Å²) in [5.41, 5.74) is 9.88. The highest BCUT2D eigenvalue weighted by Gasteiger charge is 2.01. The van der Waals surface area contributed by atoms with Crippen molar-refractivity contribution >= 4 is 39.0 Å². The Morgan fingerprint density at radius 3 is 2.87 bits per heavy atom. The van der Waals surface area contributed by atoms with Crippen molar-refractivity contribution in [2.24, 2.45) is 10.8 Å². The Kier molecular flexibility index (Phi) is 4.71. The van der Waals surface area contributed by atoms with Crippen molar-refractivity contribution in [3.05, 3.63) is 34.3 Å². The van der Waals surface area contributed by atoms with Gasteiger partial charge in [0.25, 0.3) is 0 Å². The van der Waals surface area contributed by atoms with Crippen molar-refractivity contribution in [2.45, 2.75) is 13.3 Å². The molecular formula is C10H12BrN3S. The molecule has 5 heteroatoms. The van der Waals surface area contributed by atoms with Gasteiger partial charge in [0.15, 0.2) is 5.11 Å². The highest BCUT2D eigenvalue weighted by Crippen LogP contribution is 2.13. The number of hydrazone groups is 1. The first-order valence-corrected chi connectivity index (χ1v) is 5.71. The average Bonchev–Trinajstić information content (AvgIpc) is 2.18. The van der Waals surface area contributed by atoms with Crippen molar-refractivity contribution in [1.29, 1.82) is 0 Å². The molecule has 3 N–H and O–H groups in total. The van der Waals surface area contributed by atoms with E-state index in [0.717, 1.165) is 22.2 Å². The molecule has 0 aliphatic heterocycles. The lowest BCUT2D eigenvalue weighted by Gasteiger charge is -2.05. The van der Waals surface area contributed by atoms with Gasteiger partial charge in [-0.05, 0) is 36.3 Å². The Labute approximate surface area is 103 Å². The molecule has 0 aliphatic rings. The van der Waals surface area contributed by atoms with E-state index >= 15 is 0 Å². The molecule has 15 heavy (non-hydrogen) atoms. The second-order valence-corrected chi connectivity index (χ2v) is 4.25. The van der Waals surface area contributed by atoms with E-state index in [4.69, 9.17) is 5.73 Å². The van der Waals surface area contributed by atoms with Crippen LogP contribution in [0.2, 0.25) is 0 Å². The van der Waals surface area contributed by atoms with E-state index in [1.165, 1.54) is 0 Å². The number of benzene rings is 1. The van der Waals surface area contributed by atoms with E-state index in [-0.39, 0.29) is 5.11 Å². The molecule has 0 radical (unpaired) electrons. The molecule has 1 aromatic rings. The Bertz CT molecular complexity index is 390. The Balaban J connectivity index is 2.92. The van der Waals surface area contributed by atoms with Crippen LogP contribution in [0.25, 0.3) is 0 Å². The summed E-state index contributed by atoms with van der Waals surface area (Å²) >= 11 is 8.10. The summed E-state index contributed by atoms with van der Waals surface area (Å²) in [6.07, 6.45) is 0.812. The second-order valence-electron chi connectivity index (χ2n) is 2.90. The van der Waals surface area contributed by atoms with Crippen molar-refractivity contribution in [1.82, 2.24) is 5.43 Å². The van der Waals surface area contributed by atoms with Crippen molar-refractivity contribution in [2.75, 3.05) is 0 Å².